The van der Waals surface area contributed by atoms with Crippen LogP contribution in [0.4, 0.5) is 0 Å². The molecule has 2 rings (SSSR count). The van der Waals surface area contributed by atoms with Gasteiger partial charge in [-0.25, -0.2) is 9.59 Å². The Morgan fingerprint density at radius 2 is 1.08 bits per heavy atom. The zero-order valence-electron chi connectivity index (χ0n) is 15.0. The standard InChI is InChI=1S/C16H26O8/c1-7-19-13(17)11-9(21-15(3,4)23-11)10-12(14(18)20-8-2)24-16(5,6)22-10/h9-12H,7-8H2,1-6H3/t9-,10+,11+,12-. The summed E-state index contributed by atoms with van der Waals surface area (Å²) < 4.78 is 33.1. The van der Waals surface area contributed by atoms with Crippen LogP contribution in [-0.4, -0.2) is 61.1 Å². The third-order valence-electron chi connectivity index (χ3n) is 3.62. The third-order valence-corrected chi connectivity index (χ3v) is 3.62. The van der Waals surface area contributed by atoms with E-state index in [9.17, 15) is 9.59 Å². The maximum atomic E-state index is 12.2. The van der Waals surface area contributed by atoms with Crippen LogP contribution in [0.15, 0.2) is 0 Å². The molecular formula is C16H26O8. The zero-order valence-corrected chi connectivity index (χ0v) is 15.0. The molecular weight excluding hydrogens is 320 g/mol. The zero-order chi connectivity index (χ0) is 18.1. The minimum atomic E-state index is -1.02. The fourth-order valence-electron chi connectivity index (χ4n) is 2.87. The number of carbonyl (C=O) groups is 2. The van der Waals surface area contributed by atoms with Crippen LogP contribution in [0.1, 0.15) is 41.5 Å². The Morgan fingerprint density at radius 1 is 0.750 bits per heavy atom. The molecule has 8 heteroatoms. The molecule has 2 heterocycles. The molecule has 24 heavy (non-hydrogen) atoms. The number of rotatable bonds is 5. The van der Waals surface area contributed by atoms with Gasteiger partial charge in [0.25, 0.3) is 0 Å². The van der Waals surface area contributed by atoms with Gasteiger partial charge in [-0.3, -0.25) is 0 Å². The molecule has 8 nitrogen and oxygen atoms in total. The normalized spacial score (nSPS) is 34.1. The summed E-state index contributed by atoms with van der Waals surface area (Å²) in [6.45, 7) is 10.5. The van der Waals surface area contributed by atoms with Gasteiger partial charge >= 0.3 is 11.9 Å². The summed E-state index contributed by atoms with van der Waals surface area (Å²) >= 11 is 0. The highest BCUT2D eigenvalue weighted by atomic mass is 16.8. The Hall–Kier alpha value is -1.22. The first-order valence-electron chi connectivity index (χ1n) is 8.14. The molecule has 2 aliphatic rings. The van der Waals surface area contributed by atoms with Gasteiger partial charge in [0.2, 0.25) is 0 Å². The summed E-state index contributed by atoms with van der Waals surface area (Å²) in [6.07, 6.45) is -3.73. The van der Waals surface area contributed by atoms with Crippen molar-refractivity contribution in [3.8, 4) is 0 Å². The largest absolute Gasteiger partial charge is 0.464 e. The maximum absolute atomic E-state index is 12.2. The lowest BCUT2D eigenvalue weighted by molar-refractivity contribution is -0.177. The second-order valence-electron chi connectivity index (χ2n) is 6.55. The summed E-state index contributed by atoms with van der Waals surface area (Å²) in [6, 6.07) is 0. The monoisotopic (exact) mass is 346 g/mol. The first-order valence-corrected chi connectivity index (χ1v) is 8.14. The quantitative estimate of drug-likeness (QED) is 0.685. The molecule has 0 radical (unpaired) electrons. The van der Waals surface area contributed by atoms with E-state index in [0.717, 1.165) is 0 Å². The smallest absolute Gasteiger partial charge is 0.338 e. The van der Waals surface area contributed by atoms with Gasteiger partial charge < -0.3 is 28.4 Å². The van der Waals surface area contributed by atoms with E-state index in [4.69, 9.17) is 28.4 Å². The summed E-state index contributed by atoms with van der Waals surface area (Å²) in [5.74, 6) is -3.16. The van der Waals surface area contributed by atoms with Crippen molar-refractivity contribution in [2.75, 3.05) is 13.2 Å². The van der Waals surface area contributed by atoms with E-state index in [1.807, 2.05) is 0 Å². The highest BCUT2D eigenvalue weighted by Gasteiger charge is 2.58. The van der Waals surface area contributed by atoms with Gasteiger partial charge in [0.05, 0.1) is 13.2 Å². The first-order chi connectivity index (χ1) is 11.1. The highest BCUT2D eigenvalue weighted by molar-refractivity contribution is 5.78. The topological polar surface area (TPSA) is 89.5 Å². The molecule has 0 spiro atoms. The molecule has 0 unspecified atom stereocenters. The number of esters is 2. The molecule has 0 aromatic carbocycles. The first kappa shape index (κ1) is 19.1. The van der Waals surface area contributed by atoms with E-state index in [-0.39, 0.29) is 13.2 Å². The molecule has 0 aromatic heterocycles. The Morgan fingerprint density at radius 3 is 1.38 bits per heavy atom. The van der Waals surface area contributed by atoms with Gasteiger partial charge in [-0.1, -0.05) is 0 Å². The van der Waals surface area contributed by atoms with Crippen molar-refractivity contribution in [3.63, 3.8) is 0 Å². The van der Waals surface area contributed by atoms with Crippen LogP contribution in [0.2, 0.25) is 0 Å². The van der Waals surface area contributed by atoms with Crippen LogP contribution in [0.25, 0.3) is 0 Å². The molecule has 0 aromatic rings. The summed E-state index contributed by atoms with van der Waals surface area (Å²) in [7, 11) is 0. The van der Waals surface area contributed by atoms with E-state index in [1.54, 1.807) is 41.5 Å². The van der Waals surface area contributed by atoms with Gasteiger partial charge in [0.15, 0.2) is 23.8 Å². The van der Waals surface area contributed by atoms with E-state index < -0.39 is 47.9 Å². The number of hydrogen-bond acceptors (Lipinski definition) is 8. The van der Waals surface area contributed by atoms with Gasteiger partial charge in [0, 0.05) is 0 Å². The summed E-state index contributed by atoms with van der Waals surface area (Å²) in [4.78, 5) is 24.4. The third kappa shape index (κ3) is 4.05. The fraction of sp³-hybridized carbons (Fsp3) is 0.875. The van der Waals surface area contributed by atoms with Gasteiger partial charge in [0.1, 0.15) is 12.2 Å². The van der Waals surface area contributed by atoms with Crippen molar-refractivity contribution >= 4 is 11.9 Å². The van der Waals surface area contributed by atoms with Crippen LogP contribution in [0.3, 0.4) is 0 Å². The number of hydrogen-bond donors (Lipinski definition) is 0. The van der Waals surface area contributed by atoms with Gasteiger partial charge in [-0.15, -0.1) is 0 Å². The molecule has 0 aliphatic carbocycles. The highest BCUT2D eigenvalue weighted by Crippen LogP contribution is 2.39. The van der Waals surface area contributed by atoms with Crippen molar-refractivity contribution in [1.29, 1.82) is 0 Å². The molecule has 0 amide bonds. The minimum Gasteiger partial charge on any atom is -0.464 e. The van der Waals surface area contributed by atoms with Crippen molar-refractivity contribution in [2.45, 2.75) is 77.5 Å². The van der Waals surface area contributed by atoms with Crippen molar-refractivity contribution in [1.82, 2.24) is 0 Å². The Bertz CT molecular complexity index is 442. The van der Waals surface area contributed by atoms with Crippen LogP contribution in [-0.2, 0) is 38.0 Å². The van der Waals surface area contributed by atoms with E-state index in [1.165, 1.54) is 0 Å². The molecule has 0 saturated carbocycles. The predicted octanol–water partition coefficient (Wildman–Crippen LogP) is 1.15. The van der Waals surface area contributed by atoms with E-state index in [2.05, 4.69) is 0 Å². The molecule has 4 atom stereocenters. The molecule has 0 N–H and O–H groups in total. The second-order valence-corrected chi connectivity index (χ2v) is 6.55. The molecule has 138 valence electrons. The average molecular weight is 346 g/mol. The second kappa shape index (κ2) is 6.95. The van der Waals surface area contributed by atoms with E-state index >= 15 is 0 Å². The predicted molar refractivity (Wildman–Crippen MR) is 80.9 cm³/mol. The minimum absolute atomic E-state index is 0.209. The fourth-order valence-corrected chi connectivity index (χ4v) is 2.87. The summed E-state index contributed by atoms with van der Waals surface area (Å²) in [5, 5.41) is 0. The van der Waals surface area contributed by atoms with Crippen LogP contribution in [0, 0.1) is 0 Å². The molecule has 2 saturated heterocycles. The molecule has 2 fully saturated rings. The molecule has 0 bridgehead atoms. The Balaban J connectivity index is 2.26. The average Bonchev–Trinajstić information content (AvgIpc) is 2.95. The van der Waals surface area contributed by atoms with Crippen molar-refractivity contribution < 1.29 is 38.0 Å². The van der Waals surface area contributed by atoms with Crippen molar-refractivity contribution in [3.05, 3.63) is 0 Å². The summed E-state index contributed by atoms with van der Waals surface area (Å²) in [5.41, 5.74) is 0. The number of ether oxygens (including phenoxy) is 6. The molecule has 2 aliphatic heterocycles. The van der Waals surface area contributed by atoms with E-state index in [0.29, 0.717) is 0 Å². The Kier molecular flexibility index (Phi) is 5.54. The lowest BCUT2D eigenvalue weighted by Gasteiger charge is -2.24. The maximum Gasteiger partial charge on any atom is 0.338 e. The Labute approximate surface area is 141 Å². The van der Waals surface area contributed by atoms with Crippen LogP contribution in [0.5, 0.6) is 0 Å². The SMILES string of the molecule is CCOC(=O)[C@H]1OC(C)(C)O[C@@H]1[C@@H]1OC(C)(C)O[C@H]1C(=O)OCC. The van der Waals surface area contributed by atoms with Crippen LogP contribution >= 0.6 is 0 Å². The van der Waals surface area contributed by atoms with Gasteiger partial charge in [-0.2, -0.15) is 0 Å². The van der Waals surface area contributed by atoms with Crippen LogP contribution < -0.4 is 0 Å². The van der Waals surface area contributed by atoms with Crippen molar-refractivity contribution in [2.24, 2.45) is 0 Å². The lowest BCUT2D eigenvalue weighted by atomic mass is 10.0. The number of carbonyl (C=O) groups excluding carboxylic acids is 2. The van der Waals surface area contributed by atoms with Gasteiger partial charge in [-0.05, 0) is 41.5 Å². The lowest BCUT2D eigenvalue weighted by Crippen LogP contribution is -2.48.